The number of pyridine rings is 1. The van der Waals surface area contributed by atoms with Gasteiger partial charge in [-0.1, -0.05) is 16.8 Å². The number of sulfonamides is 1. The molecule has 108 valence electrons. The number of hydrogen-bond acceptors (Lipinski definition) is 5. The summed E-state index contributed by atoms with van der Waals surface area (Å²) in [6, 6.07) is 3.40. The zero-order valence-corrected chi connectivity index (χ0v) is 12.6. The summed E-state index contributed by atoms with van der Waals surface area (Å²) in [5.41, 5.74) is 0.590. The highest BCUT2D eigenvalue weighted by atomic mass is 35.5. The van der Waals surface area contributed by atoms with E-state index in [1.54, 1.807) is 18.3 Å². The van der Waals surface area contributed by atoms with Gasteiger partial charge in [0.2, 0.25) is 10.0 Å². The van der Waals surface area contributed by atoms with Gasteiger partial charge in [-0.05, 0) is 12.1 Å². The summed E-state index contributed by atoms with van der Waals surface area (Å²) in [6.07, 6.45) is 3.46. The maximum Gasteiger partial charge on any atom is 0.213 e. The standard InChI is InChI=1S/C11H14ClN5O2S/c1-16(2)20(18,19)6-5-10-8-17(15-14-10)11-4-3-9(12)7-13-11/h3-4,7-8H,5-6H2,1-2H3. The van der Waals surface area contributed by atoms with Crippen molar-refractivity contribution in [1.29, 1.82) is 0 Å². The van der Waals surface area contributed by atoms with Crippen LogP contribution in [0.5, 0.6) is 0 Å². The lowest BCUT2D eigenvalue weighted by atomic mass is 10.4. The largest absolute Gasteiger partial charge is 0.236 e. The molecule has 0 fully saturated rings. The molecule has 0 aliphatic heterocycles. The third kappa shape index (κ3) is 3.53. The average molecular weight is 316 g/mol. The number of aromatic nitrogens is 4. The molecular weight excluding hydrogens is 302 g/mol. The minimum absolute atomic E-state index is 0.00720. The highest BCUT2D eigenvalue weighted by Gasteiger charge is 2.15. The van der Waals surface area contributed by atoms with E-state index in [9.17, 15) is 8.42 Å². The summed E-state index contributed by atoms with van der Waals surface area (Å²) in [5.74, 6) is 0.566. The smallest absolute Gasteiger partial charge is 0.213 e. The lowest BCUT2D eigenvalue weighted by molar-refractivity contribution is 0.520. The molecule has 0 aliphatic carbocycles. The predicted molar refractivity (Wildman–Crippen MR) is 75.3 cm³/mol. The first kappa shape index (κ1) is 14.9. The summed E-state index contributed by atoms with van der Waals surface area (Å²) >= 11 is 5.75. The summed E-state index contributed by atoms with van der Waals surface area (Å²) in [5, 5.41) is 8.38. The number of hydrogen-bond donors (Lipinski definition) is 0. The van der Waals surface area contributed by atoms with Crippen molar-refractivity contribution >= 4 is 21.6 Å². The molecule has 0 amide bonds. The van der Waals surface area contributed by atoms with Gasteiger partial charge in [-0.2, -0.15) is 0 Å². The lowest BCUT2D eigenvalue weighted by Crippen LogP contribution is -2.26. The average Bonchev–Trinajstić information content (AvgIpc) is 2.86. The Morgan fingerprint density at radius 1 is 1.35 bits per heavy atom. The molecule has 0 bridgehead atoms. The number of halogens is 1. The Bertz CT molecular complexity index is 681. The molecule has 0 radical (unpaired) electrons. The Labute approximate surface area is 122 Å². The Morgan fingerprint density at radius 2 is 2.10 bits per heavy atom. The fourth-order valence-electron chi connectivity index (χ4n) is 1.44. The van der Waals surface area contributed by atoms with E-state index in [4.69, 9.17) is 11.6 Å². The van der Waals surface area contributed by atoms with Gasteiger partial charge >= 0.3 is 0 Å². The summed E-state index contributed by atoms with van der Waals surface area (Å²) in [6.45, 7) is 0. The van der Waals surface area contributed by atoms with Gasteiger partial charge in [0.15, 0.2) is 5.82 Å². The molecule has 2 rings (SSSR count). The Kier molecular flexibility index (Phi) is 4.36. The summed E-state index contributed by atoms with van der Waals surface area (Å²) in [7, 11) is -0.227. The topological polar surface area (TPSA) is 81.0 Å². The Balaban J connectivity index is 2.08. The molecule has 0 aromatic carbocycles. The van der Waals surface area contributed by atoms with Gasteiger partial charge in [-0.3, -0.25) is 0 Å². The van der Waals surface area contributed by atoms with Gasteiger partial charge in [0.05, 0.1) is 22.7 Å². The SMILES string of the molecule is CN(C)S(=O)(=O)CCc1cn(-c2ccc(Cl)cn2)nn1. The molecule has 0 N–H and O–H groups in total. The van der Waals surface area contributed by atoms with Gasteiger partial charge in [-0.15, -0.1) is 5.10 Å². The quantitative estimate of drug-likeness (QED) is 0.813. The fourth-order valence-corrected chi connectivity index (χ4v) is 2.39. The normalized spacial score (nSPS) is 12.0. The highest BCUT2D eigenvalue weighted by Crippen LogP contribution is 2.09. The van der Waals surface area contributed by atoms with E-state index < -0.39 is 10.0 Å². The van der Waals surface area contributed by atoms with Gasteiger partial charge < -0.3 is 0 Å². The van der Waals surface area contributed by atoms with Crippen LogP contribution in [0.4, 0.5) is 0 Å². The van der Waals surface area contributed by atoms with E-state index in [2.05, 4.69) is 15.3 Å². The van der Waals surface area contributed by atoms with Crippen LogP contribution in [0.15, 0.2) is 24.5 Å². The van der Waals surface area contributed by atoms with E-state index in [1.807, 2.05) is 0 Å². The molecule has 0 aliphatic rings. The first-order chi connectivity index (χ1) is 9.38. The maximum atomic E-state index is 11.7. The van der Waals surface area contributed by atoms with Gasteiger partial charge in [0, 0.05) is 26.7 Å². The molecule has 0 spiro atoms. The van der Waals surface area contributed by atoms with Crippen molar-refractivity contribution in [2.75, 3.05) is 19.8 Å². The van der Waals surface area contributed by atoms with Crippen LogP contribution in [0.1, 0.15) is 5.69 Å². The van der Waals surface area contributed by atoms with Crippen molar-refractivity contribution in [1.82, 2.24) is 24.3 Å². The zero-order chi connectivity index (χ0) is 14.8. The third-order valence-corrected chi connectivity index (χ3v) is 4.72. The first-order valence-electron chi connectivity index (χ1n) is 5.82. The van der Waals surface area contributed by atoms with Gasteiger partial charge in [0.25, 0.3) is 0 Å². The van der Waals surface area contributed by atoms with Crippen LogP contribution in [0.2, 0.25) is 5.02 Å². The molecule has 0 atom stereocenters. The number of rotatable bonds is 5. The molecule has 0 unspecified atom stereocenters. The monoisotopic (exact) mass is 315 g/mol. The maximum absolute atomic E-state index is 11.7. The van der Waals surface area contributed by atoms with Crippen LogP contribution in [0.25, 0.3) is 5.82 Å². The minimum Gasteiger partial charge on any atom is -0.236 e. The second-order valence-electron chi connectivity index (χ2n) is 4.34. The molecule has 9 heteroatoms. The van der Waals surface area contributed by atoms with Gasteiger partial charge in [0.1, 0.15) is 0 Å². The van der Waals surface area contributed by atoms with Crippen molar-refractivity contribution in [3.05, 3.63) is 35.2 Å². The van der Waals surface area contributed by atoms with Crippen LogP contribution in [-0.2, 0) is 16.4 Å². The van der Waals surface area contributed by atoms with E-state index in [1.165, 1.54) is 29.3 Å². The molecule has 20 heavy (non-hydrogen) atoms. The van der Waals surface area contributed by atoms with Crippen LogP contribution in [-0.4, -0.2) is 52.5 Å². The molecule has 2 aromatic heterocycles. The molecule has 2 aromatic rings. The zero-order valence-electron chi connectivity index (χ0n) is 11.1. The highest BCUT2D eigenvalue weighted by molar-refractivity contribution is 7.89. The van der Waals surface area contributed by atoms with Crippen molar-refractivity contribution in [3.63, 3.8) is 0 Å². The van der Waals surface area contributed by atoms with Crippen molar-refractivity contribution in [2.24, 2.45) is 0 Å². The van der Waals surface area contributed by atoms with E-state index in [0.717, 1.165) is 0 Å². The van der Waals surface area contributed by atoms with Crippen LogP contribution in [0, 0.1) is 0 Å². The van der Waals surface area contributed by atoms with Crippen molar-refractivity contribution < 1.29 is 8.42 Å². The Hall–Kier alpha value is -1.51. The van der Waals surface area contributed by atoms with Crippen molar-refractivity contribution in [2.45, 2.75) is 6.42 Å². The molecule has 0 saturated carbocycles. The predicted octanol–water partition coefficient (Wildman–Crippen LogP) is 0.750. The third-order valence-electron chi connectivity index (χ3n) is 2.66. The molecule has 0 saturated heterocycles. The van der Waals surface area contributed by atoms with E-state index in [0.29, 0.717) is 23.0 Å². The van der Waals surface area contributed by atoms with E-state index >= 15 is 0 Å². The van der Waals surface area contributed by atoms with E-state index in [-0.39, 0.29) is 5.75 Å². The Morgan fingerprint density at radius 3 is 2.70 bits per heavy atom. The van der Waals surface area contributed by atoms with Crippen LogP contribution >= 0.6 is 11.6 Å². The lowest BCUT2D eigenvalue weighted by Gasteiger charge is -2.09. The number of aryl methyl sites for hydroxylation is 1. The molecule has 7 nitrogen and oxygen atoms in total. The van der Waals surface area contributed by atoms with Crippen LogP contribution < -0.4 is 0 Å². The van der Waals surface area contributed by atoms with Gasteiger partial charge in [-0.25, -0.2) is 22.4 Å². The molecular formula is C11H14ClN5O2S. The van der Waals surface area contributed by atoms with Crippen LogP contribution in [0.3, 0.4) is 0 Å². The summed E-state index contributed by atoms with van der Waals surface area (Å²) < 4.78 is 26.0. The summed E-state index contributed by atoms with van der Waals surface area (Å²) in [4.78, 5) is 4.10. The molecule has 2 heterocycles. The number of nitrogens with zero attached hydrogens (tertiary/aromatic N) is 5. The second kappa shape index (κ2) is 5.86. The van der Waals surface area contributed by atoms with Crippen molar-refractivity contribution in [3.8, 4) is 5.82 Å². The minimum atomic E-state index is -3.23. The fraction of sp³-hybridized carbons (Fsp3) is 0.364. The first-order valence-corrected chi connectivity index (χ1v) is 7.80. The second-order valence-corrected chi connectivity index (χ2v) is 7.08.